The van der Waals surface area contributed by atoms with Crippen LogP contribution in [0.2, 0.25) is 4.44 Å². The van der Waals surface area contributed by atoms with Crippen LogP contribution in [0.4, 0.5) is 0 Å². The number of carbonyl (C=O) groups excluding carboxylic acids is 3. The third-order valence-corrected chi connectivity index (χ3v) is 4.64. The van der Waals surface area contributed by atoms with Crippen molar-refractivity contribution in [2.24, 2.45) is 0 Å². The molecule has 2 radical (unpaired) electrons. The van der Waals surface area contributed by atoms with Crippen molar-refractivity contribution in [3.63, 3.8) is 0 Å². The van der Waals surface area contributed by atoms with Gasteiger partial charge in [0.15, 0.2) is 0 Å². The second-order valence-electron chi connectivity index (χ2n) is 6.50. The van der Waals surface area contributed by atoms with Gasteiger partial charge in [0.2, 0.25) is 0 Å². The van der Waals surface area contributed by atoms with Crippen molar-refractivity contribution in [1.82, 2.24) is 0 Å². The van der Waals surface area contributed by atoms with E-state index in [9.17, 15) is 14.4 Å². The number of ether oxygens (including phenoxy) is 3. The van der Waals surface area contributed by atoms with Gasteiger partial charge in [0, 0.05) is 0 Å². The summed E-state index contributed by atoms with van der Waals surface area (Å²) in [7, 11) is 0. The first-order valence-corrected chi connectivity index (χ1v) is 11.2. The van der Waals surface area contributed by atoms with Crippen LogP contribution in [0.25, 0.3) is 0 Å². The third-order valence-electron chi connectivity index (χ3n) is 3.48. The second-order valence-corrected chi connectivity index (χ2v) is 8.15. The van der Waals surface area contributed by atoms with Crippen molar-refractivity contribution < 1.29 is 28.6 Å². The van der Waals surface area contributed by atoms with Crippen LogP contribution in [-0.2, 0) is 28.6 Å². The summed E-state index contributed by atoms with van der Waals surface area (Å²) in [5, 5.41) is 0. The fourth-order valence-corrected chi connectivity index (χ4v) is 2.74. The van der Waals surface area contributed by atoms with E-state index in [1.54, 1.807) is 0 Å². The van der Waals surface area contributed by atoms with Gasteiger partial charge in [-0.3, -0.25) is 0 Å². The average molecular weight is 485 g/mol. The third kappa shape index (κ3) is 10.4. The van der Waals surface area contributed by atoms with Gasteiger partial charge in [-0.2, -0.15) is 0 Å². The Bertz CT molecular complexity index is 524. The van der Waals surface area contributed by atoms with E-state index in [2.05, 4.69) is 19.7 Å². The first kappa shape index (κ1) is 25.4. The van der Waals surface area contributed by atoms with Gasteiger partial charge in [0.1, 0.15) is 0 Å². The number of unbranched alkanes of at least 4 members (excludes halogenated alkanes) is 4. The molecule has 6 nitrogen and oxygen atoms in total. The van der Waals surface area contributed by atoms with Crippen LogP contribution >= 0.6 is 0 Å². The van der Waals surface area contributed by atoms with E-state index in [4.69, 9.17) is 14.2 Å². The zero-order valence-electron chi connectivity index (χ0n) is 16.6. The van der Waals surface area contributed by atoms with Crippen molar-refractivity contribution in [2.45, 2.75) is 69.7 Å². The standard InChI is InChI=1S/C20H29O6.Sn.H/c1-8-9-10-11-12-13-20(24-17(21)14(2)3,25-18(22)15(4)5)26-19(23)16(6)7;;/h1-2,4,6,8-13H2,3,5,7H3;;. The maximum absolute atomic E-state index is 12.1. The van der Waals surface area contributed by atoms with Gasteiger partial charge in [-0.25, -0.2) is 0 Å². The summed E-state index contributed by atoms with van der Waals surface area (Å²) in [5.41, 5.74) is 0.261. The number of rotatable bonds is 13. The molecule has 0 atom stereocenters. The van der Waals surface area contributed by atoms with Gasteiger partial charge >= 0.3 is 175 Å². The van der Waals surface area contributed by atoms with Crippen LogP contribution in [0.3, 0.4) is 0 Å². The summed E-state index contributed by atoms with van der Waals surface area (Å²) in [5.74, 6) is -4.64. The van der Waals surface area contributed by atoms with Crippen LogP contribution in [-0.4, -0.2) is 46.4 Å². The van der Waals surface area contributed by atoms with Gasteiger partial charge < -0.3 is 0 Å². The van der Waals surface area contributed by atoms with Crippen molar-refractivity contribution in [3.8, 4) is 0 Å². The first-order chi connectivity index (χ1) is 12.5. The Hall–Kier alpha value is -1.57. The van der Waals surface area contributed by atoms with Crippen molar-refractivity contribution in [3.05, 3.63) is 36.5 Å². The van der Waals surface area contributed by atoms with Crippen LogP contribution in [0, 0.1) is 0 Å². The molecule has 0 aromatic carbocycles. The fourth-order valence-electron chi connectivity index (χ4n) is 1.92. The minimum absolute atomic E-state index is 0.0182. The molecule has 0 fully saturated rings. The van der Waals surface area contributed by atoms with E-state index < -0.39 is 23.9 Å². The van der Waals surface area contributed by atoms with Crippen LogP contribution < -0.4 is 0 Å². The van der Waals surface area contributed by atoms with Crippen LogP contribution in [0.15, 0.2) is 36.5 Å². The Morgan fingerprint density at radius 3 is 1.37 bits per heavy atom. The molecule has 0 bridgehead atoms. The van der Waals surface area contributed by atoms with E-state index in [1.165, 1.54) is 54.2 Å². The molecular weight excluding hydrogens is 455 g/mol. The first-order valence-electron chi connectivity index (χ1n) is 8.91. The number of carbonyl (C=O) groups is 3. The molecular formula is C20H30O6Sn. The zero-order chi connectivity index (χ0) is 21.0. The Balaban J connectivity index is 5.47. The van der Waals surface area contributed by atoms with E-state index >= 15 is 0 Å². The summed E-state index contributed by atoms with van der Waals surface area (Å²) in [4.78, 5) is 36.3. The van der Waals surface area contributed by atoms with E-state index in [0.29, 0.717) is 6.42 Å². The fraction of sp³-hybridized carbons (Fsp3) is 0.550. The summed E-state index contributed by atoms with van der Waals surface area (Å²) < 4.78 is 17.0. The number of esters is 3. The summed E-state index contributed by atoms with van der Waals surface area (Å²) >= 11 is 1.25. The van der Waals surface area contributed by atoms with Crippen molar-refractivity contribution >= 4 is 40.4 Å². The molecule has 0 saturated heterocycles. The molecule has 27 heavy (non-hydrogen) atoms. The molecule has 0 rings (SSSR count). The SMILES string of the molecule is C=C(C)C(=O)OC(CCCCCC[CH2][SnH])(OC(=O)C(=C)C)OC(=O)C(=C)C. The van der Waals surface area contributed by atoms with E-state index in [0.717, 1.165) is 19.3 Å². The van der Waals surface area contributed by atoms with E-state index in [-0.39, 0.29) is 23.1 Å². The number of hydrogen-bond acceptors (Lipinski definition) is 6. The molecule has 7 heteroatoms. The van der Waals surface area contributed by atoms with Crippen molar-refractivity contribution in [1.29, 1.82) is 0 Å². The quantitative estimate of drug-likeness (QED) is 0.130. The van der Waals surface area contributed by atoms with Gasteiger partial charge in [-0.05, 0) is 0 Å². The van der Waals surface area contributed by atoms with Gasteiger partial charge in [0.25, 0.3) is 0 Å². The van der Waals surface area contributed by atoms with Crippen LogP contribution in [0.1, 0.15) is 59.3 Å². The van der Waals surface area contributed by atoms with Gasteiger partial charge in [-0.1, -0.05) is 0 Å². The molecule has 0 heterocycles. The molecule has 0 aromatic heterocycles. The van der Waals surface area contributed by atoms with Gasteiger partial charge in [0.05, 0.1) is 0 Å². The molecule has 0 amide bonds. The molecule has 0 aliphatic carbocycles. The molecule has 0 aromatic rings. The molecule has 0 spiro atoms. The predicted molar refractivity (Wildman–Crippen MR) is 105 cm³/mol. The van der Waals surface area contributed by atoms with E-state index in [1.807, 2.05) is 0 Å². The summed E-state index contributed by atoms with van der Waals surface area (Å²) in [6.45, 7) is 14.9. The van der Waals surface area contributed by atoms with Gasteiger partial charge in [-0.15, -0.1) is 0 Å². The maximum atomic E-state index is 12.1. The Labute approximate surface area is 175 Å². The Kier molecular flexibility index (Phi) is 12.0. The summed E-state index contributed by atoms with van der Waals surface area (Å²) in [6.07, 6.45) is 4.67. The molecule has 0 N–H and O–H groups in total. The monoisotopic (exact) mass is 486 g/mol. The van der Waals surface area contributed by atoms with Crippen molar-refractivity contribution in [2.75, 3.05) is 0 Å². The van der Waals surface area contributed by atoms with Crippen LogP contribution in [0.5, 0.6) is 0 Å². The average Bonchev–Trinajstić information content (AvgIpc) is 2.57. The number of hydrogen-bond donors (Lipinski definition) is 0. The summed E-state index contributed by atoms with van der Waals surface area (Å²) in [6, 6.07) is 0. The molecule has 0 aliphatic rings. The topological polar surface area (TPSA) is 78.9 Å². The molecule has 150 valence electrons. The molecule has 0 aliphatic heterocycles. The molecule has 0 saturated carbocycles. The predicted octanol–water partition coefficient (Wildman–Crippen LogP) is 3.66. The minimum atomic E-state index is -2.17. The normalized spacial score (nSPS) is 10.7. The Morgan fingerprint density at radius 1 is 0.704 bits per heavy atom. The Morgan fingerprint density at radius 2 is 1.04 bits per heavy atom. The molecule has 0 unspecified atom stereocenters. The second kappa shape index (κ2) is 12.8. The zero-order valence-corrected chi connectivity index (χ0v) is 19.9.